The molecule has 6 nitrogen and oxygen atoms in total. The van der Waals surface area contributed by atoms with Crippen molar-refractivity contribution in [2.45, 2.75) is 31.6 Å². The molecule has 1 fully saturated rings. The number of hydrogen-bond donors (Lipinski definition) is 2. The molecule has 1 atom stereocenters. The maximum atomic E-state index is 12.7. The highest BCUT2D eigenvalue weighted by Crippen LogP contribution is 2.25. The average Bonchev–Trinajstić information content (AvgIpc) is 3.31. The normalized spacial score (nSPS) is 17.9. The van der Waals surface area contributed by atoms with Gasteiger partial charge in [0.25, 0.3) is 0 Å². The Kier molecular flexibility index (Phi) is 5.42. The molecule has 3 heterocycles. The lowest BCUT2D eigenvalue weighted by Gasteiger charge is -2.25. The largest absolute Gasteiger partial charge is 0.401 e. The minimum absolute atomic E-state index is 0.153. The van der Waals surface area contributed by atoms with Crippen LogP contribution in [-0.4, -0.2) is 51.4 Å². The van der Waals surface area contributed by atoms with Crippen LogP contribution >= 0.6 is 0 Å². The molecule has 1 aliphatic heterocycles. The quantitative estimate of drug-likeness (QED) is 0.660. The van der Waals surface area contributed by atoms with Crippen LogP contribution < -0.4 is 11.1 Å². The van der Waals surface area contributed by atoms with E-state index in [1.807, 2.05) is 30.3 Å². The third-order valence-corrected chi connectivity index (χ3v) is 5.25. The Morgan fingerprint density at radius 1 is 1.14 bits per heavy atom. The van der Waals surface area contributed by atoms with Crippen molar-refractivity contribution in [3.8, 4) is 11.3 Å². The Balaban J connectivity index is 1.50. The molecule has 154 valence electrons. The van der Waals surface area contributed by atoms with E-state index in [1.54, 1.807) is 16.8 Å². The van der Waals surface area contributed by atoms with E-state index in [9.17, 15) is 13.2 Å². The summed E-state index contributed by atoms with van der Waals surface area (Å²) >= 11 is 0. The molecule has 0 bridgehead atoms. The monoisotopic (exact) mass is 404 g/mol. The Bertz CT molecular complexity index is 967. The summed E-state index contributed by atoms with van der Waals surface area (Å²) in [5.41, 5.74) is 9.20. The second kappa shape index (κ2) is 8.00. The van der Waals surface area contributed by atoms with Crippen LogP contribution in [0.3, 0.4) is 0 Å². The molecule has 0 radical (unpaired) electrons. The van der Waals surface area contributed by atoms with E-state index in [1.165, 1.54) is 4.90 Å². The van der Waals surface area contributed by atoms with Crippen LogP contribution in [0.4, 0.5) is 19.0 Å². The molecule has 9 heteroatoms. The molecule has 3 aromatic rings. The van der Waals surface area contributed by atoms with Crippen molar-refractivity contribution in [2.24, 2.45) is 5.73 Å². The number of likely N-dealkylation sites (tertiary alicyclic amines) is 1. The summed E-state index contributed by atoms with van der Waals surface area (Å²) in [7, 11) is 0. The van der Waals surface area contributed by atoms with Crippen molar-refractivity contribution in [1.82, 2.24) is 19.5 Å². The highest BCUT2D eigenvalue weighted by Gasteiger charge is 2.35. The summed E-state index contributed by atoms with van der Waals surface area (Å²) in [4.78, 5) is 5.88. The van der Waals surface area contributed by atoms with Crippen molar-refractivity contribution in [2.75, 3.05) is 25.0 Å². The number of anilines is 1. The maximum absolute atomic E-state index is 12.7. The van der Waals surface area contributed by atoms with Gasteiger partial charge in [-0.15, -0.1) is 5.10 Å². The average molecular weight is 404 g/mol. The minimum atomic E-state index is -4.18. The Hall–Kier alpha value is -2.65. The zero-order chi connectivity index (χ0) is 20.4. The van der Waals surface area contributed by atoms with Crippen molar-refractivity contribution in [1.29, 1.82) is 0 Å². The van der Waals surface area contributed by atoms with Gasteiger partial charge in [0.05, 0.1) is 18.4 Å². The summed E-state index contributed by atoms with van der Waals surface area (Å²) in [5, 5.41) is 7.79. The number of benzene rings is 1. The van der Waals surface area contributed by atoms with Gasteiger partial charge in [0.2, 0.25) is 0 Å². The van der Waals surface area contributed by atoms with Gasteiger partial charge in [-0.2, -0.15) is 13.2 Å². The number of hydrogen-bond acceptors (Lipinski definition) is 5. The zero-order valence-corrected chi connectivity index (χ0v) is 15.9. The van der Waals surface area contributed by atoms with Crippen LogP contribution in [0.15, 0.2) is 42.6 Å². The molecular formula is C20H23F3N6. The fourth-order valence-corrected chi connectivity index (χ4v) is 3.76. The molecule has 3 N–H and O–H groups in total. The Morgan fingerprint density at radius 3 is 2.66 bits per heavy atom. The van der Waals surface area contributed by atoms with Crippen LogP contribution in [0.2, 0.25) is 0 Å². The molecule has 2 aromatic heterocycles. The Labute approximate surface area is 166 Å². The van der Waals surface area contributed by atoms with E-state index in [2.05, 4.69) is 15.4 Å². The number of alkyl halides is 3. The summed E-state index contributed by atoms with van der Waals surface area (Å²) in [6.45, 7) is 0.509. The lowest BCUT2D eigenvalue weighted by molar-refractivity contribution is -0.147. The Morgan fingerprint density at radius 2 is 1.93 bits per heavy atom. The summed E-state index contributed by atoms with van der Waals surface area (Å²) < 4.78 is 40.0. The molecule has 1 saturated heterocycles. The van der Waals surface area contributed by atoms with E-state index in [4.69, 9.17) is 5.73 Å². The summed E-state index contributed by atoms with van der Waals surface area (Å²) in [6, 6.07) is 11.4. The van der Waals surface area contributed by atoms with Crippen LogP contribution in [0.1, 0.15) is 18.4 Å². The van der Waals surface area contributed by atoms with Gasteiger partial charge in [0.1, 0.15) is 5.82 Å². The minimum Gasteiger partial charge on any atom is -0.367 e. The molecular weight excluding hydrogens is 381 g/mol. The number of aromatic nitrogens is 3. The second-order valence-electron chi connectivity index (χ2n) is 7.30. The van der Waals surface area contributed by atoms with Crippen LogP contribution in [0.25, 0.3) is 16.9 Å². The molecule has 0 aliphatic carbocycles. The molecule has 0 saturated carbocycles. The number of fused-ring (bicyclic) bond motifs is 1. The number of nitrogens with zero attached hydrogens (tertiary/aromatic N) is 4. The van der Waals surface area contributed by atoms with Crippen molar-refractivity contribution < 1.29 is 13.2 Å². The standard InChI is InChI=1S/C20H23F3N6/c21-20(22,23)13-28-9-1-2-16(28)11-25-18-7-8-19-26-12-17(29(19)27-18)15-5-3-14(10-24)4-6-15/h3-8,12,16H,1-2,9-11,13,24H2,(H,25,27). The topological polar surface area (TPSA) is 71.5 Å². The maximum Gasteiger partial charge on any atom is 0.401 e. The smallest absolute Gasteiger partial charge is 0.367 e. The lowest BCUT2D eigenvalue weighted by Crippen LogP contribution is -2.41. The fourth-order valence-electron chi connectivity index (χ4n) is 3.76. The van der Waals surface area contributed by atoms with Gasteiger partial charge >= 0.3 is 6.18 Å². The molecule has 0 amide bonds. The van der Waals surface area contributed by atoms with Gasteiger partial charge in [-0.3, -0.25) is 4.90 Å². The third kappa shape index (κ3) is 4.51. The predicted octanol–water partition coefficient (Wildman–Crippen LogP) is 3.29. The predicted molar refractivity (Wildman–Crippen MR) is 105 cm³/mol. The SMILES string of the molecule is NCc1ccc(-c2cnc3ccc(NCC4CCCN4CC(F)(F)F)nn23)cc1. The van der Waals surface area contributed by atoms with Crippen LogP contribution in [0, 0.1) is 0 Å². The lowest BCUT2D eigenvalue weighted by atomic mass is 10.1. The van der Waals surface area contributed by atoms with Crippen LogP contribution in [-0.2, 0) is 6.54 Å². The van der Waals surface area contributed by atoms with Crippen molar-refractivity contribution in [3.05, 3.63) is 48.2 Å². The van der Waals surface area contributed by atoms with Crippen molar-refractivity contribution in [3.63, 3.8) is 0 Å². The number of halogens is 3. The van der Waals surface area contributed by atoms with Gasteiger partial charge in [-0.25, -0.2) is 9.50 Å². The van der Waals surface area contributed by atoms with Crippen molar-refractivity contribution >= 4 is 11.5 Å². The van der Waals surface area contributed by atoms with E-state index < -0.39 is 12.7 Å². The first-order valence-corrected chi connectivity index (χ1v) is 9.62. The highest BCUT2D eigenvalue weighted by molar-refractivity contribution is 5.63. The highest BCUT2D eigenvalue weighted by atomic mass is 19.4. The summed E-state index contributed by atoms with van der Waals surface area (Å²) in [5.74, 6) is 0.606. The number of nitrogens with one attached hydrogen (secondary N) is 1. The van der Waals surface area contributed by atoms with Gasteiger partial charge in [0.15, 0.2) is 5.65 Å². The molecule has 0 spiro atoms. The molecule has 1 unspecified atom stereocenters. The molecule has 1 aromatic carbocycles. The fraction of sp³-hybridized carbons (Fsp3) is 0.400. The van der Waals surface area contributed by atoms with Crippen LogP contribution in [0.5, 0.6) is 0 Å². The third-order valence-electron chi connectivity index (χ3n) is 5.25. The van der Waals surface area contributed by atoms with Gasteiger partial charge in [-0.1, -0.05) is 24.3 Å². The second-order valence-corrected chi connectivity index (χ2v) is 7.30. The van der Waals surface area contributed by atoms with E-state index >= 15 is 0 Å². The molecule has 29 heavy (non-hydrogen) atoms. The summed E-state index contributed by atoms with van der Waals surface area (Å²) in [6.07, 6.45) is -0.898. The molecule has 1 aliphatic rings. The van der Waals surface area contributed by atoms with Gasteiger partial charge in [0, 0.05) is 24.7 Å². The van der Waals surface area contributed by atoms with E-state index in [0.717, 1.165) is 29.7 Å². The first kappa shape index (κ1) is 19.7. The van der Waals surface area contributed by atoms with Gasteiger partial charge < -0.3 is 11.1 Å². The number of nitrogens with two attached hydrogens (primary N) is 1. The van der Waals surface area contributed by atoms with E-state index in [0.29, 0.717) is 31.1 Å². The first-order chi connectivity index (χ1) is 13.9. The zero-order valence-electron chi connectivity index (χ0n) is 15.9. The van der Waals surface area contributed by atoms with E-state index in [-0.39, 0.29) is 6.04 Å². The number of imidazole rings is 1. The van der Waals surface area contributed by atoms with Gasteiger partial charge in [-0.05, 0) is 37.1 Å². The number of rotatable bonds is 6. The first-order valence-electron chi connectivity index (χ1n) is 9.62. The molecule has 4 rings (SSSR count).